The summed E-state index contributed by atoms with van der Waals surface area (Å²) >= 11 is 0. The Bertz CT molecular complexity index is 270. The molecule has 0 aromatic carbocycles. The number of rotatable bonds is 6. The van der Waals surface area contributed by atoms with Crippen molar-refractivity contribution >= 4 is 11.9 Å². The molecule has 0 aliphatic heterocycles. The van der Waals surface area contributed by atoms with Gasteiger partial charge in [0.15, 0.2) is 0 Å². The summed E-state index contributed by atoms with van der Waals surface area (Å²) in [6.07, 6.45) is 0.665. The van der Waals surface area contributed by atoms with E-state index in [0.29, 0.717) is 13.0 Å². The standard InChI is InChI=1S/C12H23NO4/c1-8(6-7-17-5)13-10(14)9(11(15)16)12(2,3)4/h8-9H,6-7H2,1-5H3,(H,13,14)(H,15,16). The monoisotopic (exact) mass is 245 g/mol. The molecule has 2 atom stereocenters. The van der Waals surface area contributed by atoms with Crippen LogP contribution in [0.25, 0.3) is 0 Å². The van der Waals surface area contributed by atoms with Crippen LogP contribution < -0.4 is 5.32 Å². The molecule has 5 heteroatoms. The van der Waals surface area contributed by atoms with Crippen molar-refractivity contribution in [2.24, 2.45) is 11.3 Å². The molecule has 0 heterocycles. The third-order valence-electron chi connectivity index (χ3n) is 2.52. The summed E-state index contributed by atoms with van der Waals surface area (Å²) in [6, 6.07) is -0.0911. The van der Waals surface area contributed by atoms with Gasteiger partial charge in [-0.2, -0.15) is 0 Å². The average molecular weight is 245 g/mol. The molecule has 0 spiro atoms. The first kappa shape index (κ1) is 15.9. The lowest BCUT2D eigenvalue weighted by Crippen LogP contribution is -2.45. The molecule has 2 N–H and O–H groups in total. The van der Waals surface area contributed by atoms with Crippen molar-refractivity contribution in [1.29, 1.82) is 0 Å². The number of methoxy groups -OCH3 is 1. The quantitative estimate of drug-likeness (QED) is 0.691. The fourth-order valence-electron chi connectivity index (χ4n) is 1.57. The van der Waals surface area contributed by atoms with Crippen molar-refractivity contribution in [2.45, 2.75) is 40.2 Å². The molecule has 0 saturated carbocycles. The van der Waals surface area contributed by atoms with E-state index in [1.165, 1.54) is 0 Å². The molecule has 0 aromatic rings. The second kappa shape index (κ2) is 6.59. The van der Waals surface area contributed by atoms with Crippen LogP contribution in [0.3, 0.4) is 0 Å². The largest absolute Gasteiger partial charge is 0.481 e. The summed E-state index contributed by atoms with van der Waals surface area (Å²) in [5, 5.41) is 11.8. The Morgan fingerprint density at radius 2 is 1.88 bits per heavy atom. The maximum Gasteiger partial charge on any atom is 0.316 e. The molecule has 0 radical (unpaired) electrons. The molecule has 0 aliphatic rings. The third-order valence-corrected chi connectivity index (χ3v) is 2.52. The number of amides is 1. The maximum atomic E-state index is 11.9. The van der Waals surface area contributed by atoms with Gasteiger partial charge in [0.25, 0.3) is 0 Å². The number of carboxylic acid groups (broad SMARTS) is 1. The van der Waals surface area contributed by atoms with E-state index >= 15 is 0 Å². The number of carboxylic acids is 1. The number of hydrogen-bond acceptors (Lipinski definition) is 3. The van der Waals surface area contributed by atoms with Gasteiger partial charge in [-0.15, -0.1) is 0 Å². The highest BCUT2D eigenvalue weighted by Gasteiger charge is 2.37. The van der Waals surface area contributed by atoms with Crippen LogP contribution in [-0.4, -0.2) is 36.7 Å². The van der Waals surface area contributed by atoms with Gasteiger partial charge in [0, 0.05) is 19.8 Å². The first-order valence-corrected chi connectivity index (χ1v) is 5.72. The van der Waals surface area contributed by atoms with Crippen LogP contribution in [0, 0.1) is 11.3 Å². The zero-order valence-corrected chi connectivity index (χ0v) is 11.2. The minimum absolute atomic E-state index is 0.0911. The predicted molar refractivity (Wildman–Crippen MR) is 64.7 cm³/mol. The smallest absolute Gasteiger partial charge is 0.316 e. The van der Waals surface area contributed by atoms with Crippen molar-refractivity contribution in [3.8, 4) is 0 Å². The molecule has 17 heavy (non-hydrogen) atoms. The zero-order chi connectivity index (χ0) is 13.6. The summed E-state index contributed by atoms with van der Waals surface area (Å²) in [4.78, 5) is 23.0. The topological polar surface area (TPSA) is 75.6 Å². The summed E-state index contributed by atoms with van der Waals surface area (Å²) in [5.74, 6) is -2.56. The Morgan fingerprint density at radius 1 is 1.35 bits per heavy atom. The van der Waals surface area contributed by atoms with Crippen LogP contribution >= 0.6 is 0 Å². The highest BCUT2D eigenvalue weighted by molar-refractivity contribution is 5.97. The van der Waals surface area contributed by atoms with E-state index < -0.39 is 23.2 Å². The van der Waals surface area contributed by atoms with E-state index in [2.05, 4.69) is 5.32 Å². The normalized spacial score (nSPS) is 15.1. The minimum Gasteiger partial charge on any atom is -0.481 e. The van der Waals surface area contributed by atoms with Gasteiger partial charge in [0.1, 0.15) is 5.92 Å². The second-order valence-electron chi connectivity index (χ2n) is 5.33. The van der Waals surface area contributed by atoms with Crippen LogP contribution in [0.5, 0.6) is 0 Å². The van der Waals surface area contributed by atoms with Crippen molar-refractivity contribution in [3.63, 3.8) is 0 Å². The molecule has 100 valence electrons. The lowest BCUT2D eigenvalue weighted by Gasteiger charge is -2.27. The first-order chi connectivity index (χ1) is 7.70. The molecular formula is C12H23NO4. The number of aliphatic carboxylic acids is 1. The fraction of sp³-hybridized carbons (Fsp3) is 0.833. The van der Waals surface area contributed by atoms with Crippen LogP contribution in [0.1, 0.15) is 34.1 Å². The Labute approximate surface area is 103 Å². The first-order valence-electron chi connectivity index (χ1n) is 5.72. The lowest BCUT2D eigenvalue weighted by molar-refractivity contribution is -0.151. The Balaban J connectivity index is 4.50. The van der Waals surface area contributed by atoms with E-state index in [1.54, 1.807) is 27.9 Å². The number of hydrogen-bond donors (Lipinski definition) is 2. The highest BCUT2D eigenvalue weighted by atomic mass is 16.5. The van der Waals surface area contributed by atoms with Gasteiger partial charge in [-0.3, -0.25) is 9.59 Å². The number of nitrogens with one attached hydrogen (secondary N) is 1. The van der Waals surface area contributed by atoms with E-state index in [9.17, 15) is 9.59 Å². The van der Waals surface area contributed by atoms with Gasteiger partial charge < -0.3 is 15.2 Å². The predicted octanol–water partition coefficient (Wildman–Crippen LogP) is 1.27. The Kier molecular flexibility index (Phi) is 6.16. The van der Waals surface area contributed by atoms with Crippen molar-refractivity contribution in [3.05, 3.63) is 0 Å². The fourth-order valence-corrected chi connectivity index (χ4v) is 1.57. The number of carbonyl (C=O) groups excluding carboxylic acids is 1. The molecule has 0 fully saturated rings. The van der Waals surface area contributed by atoms with Crippen LogP contribution in [0.15, 0.2) is 0 Å². The van der Waals surface area contributed by atoms with Gasteiger partial charge in [-0.25, -0.2) is 0 Å². The molecule has 1 amide bonds. The molecule has 0 bridgehead atoms. The van der Waals surface area contributed by atoms with Crippen molar-refractivity contribution < 1.29 is 19.4 Å². The minimum atomic E-state index is -1.09. The molecule has 0 aromatic heterocycles. The lowest BCUT2D eigenvalue weighted by atomic mass is 9.80. The van der Waals surface area contributed by atoms with Gasteiger partial charge >= 0.3 is 5.97 Å². The molecule has 0 aliphatic carbocycles. The van der Waals surface area contributed by atoms with Gasteiger partial charge in [0.05, 0.1) is 0 Å². The zero-order valence-electron chi connectivity index (χ0n) is 11.2. The van der Waals surface area contributed by atoms with Gasteiger partial charge in [-0.1, -0.05) is 20.8 Å². The molecule has 5 nitrogen and oxygen atoms in total. The van der Waals surface area contributed by atoms with Gasteiger partial charge in [-0.05, 0) is 18.8 Å². The average Bonchev–Trinajstić information content (AvgIpc) is 2.11. The third kappa shape index (κ3) is 5.68. The highest BCUT2D eigenvalue weighted by Crippen LogP contribution is 2.26. The van der Waals surface area contributed by atoms with E-state index in [1.807, 2.05) is 6.92 Å². The molecule has 2 unspecified atom stereocenters. The summed E-state index contributed by atoms with van der Waals surface area (Å²) in [7, 11) is 1.59. The molecular weight excluding hydrogens is 222 g/mol. The Morgan fingerprint density at radius 3 is 2.24 bits per heavy atom. The van der Waals surface area contributed by atoms with E-state index in [0.717, 1.165) is 0 Å². The second-order valence-corrected chi connectivity index (χ2v) is 5.33. The summed E-state index contributed by atoms with van der Waals surface area (Å²) < 4.78 is 4.90. The Hall–Kier alpha value is -1.10. The number of ether oxygens (including phenoxy) is 1. The summed E-state index contributed by atoms with van der Waals surface area (Å²) in [6.45, 7) is 7.59. The SMILES string of the molecule is COCCC(C)NC(=O)C(C(=O)O)C(C)(C)C. The van der Waals surface area contributed by atoms with Crippen LogP contribution in [-0.2, 0) is 14.3 Å². The molecule has 0 rings (SSSR count). The van der Waals surface area contributed by atoms with Crippen LogP contribution in [0.2, 0.25) is 0 Å². The number of carbonyl (C=O) groups is 2. The van der Waals surface area contributed by atoms with Gasteiger partial charge in [0.2, 0.25) is 5.91 Å². The van der Waals surface area contributed by atoms with Crippen molar-refractivity contribution in [1.82, 2.24) is 5.32 Å². The summed E-state index contributed by atoms with van der Waals surface area (Å²) in [5.41, 5.74) is -0.600. The van der Waals surface area contributed by atoms with E-state index in [-0.39, 0.29) is 6.04 Å². The maximum absolute atomic E-state index is 11.9. The molecule has 0 saturated heterocycles. The van der Waals surface area contributed by atoms with E-state index in [4.69, 9.17) is 9.84 Å². The van der Waals surface area contributed by atoms with Crippen molar-refractivity contribution in [2.75, 3.05) is 13.7 Å². The van der Waals surface area contributed by atoms with Crippen LogP contribution in [0.4, 0.5) is 0 Å².